The summed E-state index contributed by atoms with van der Waals surface area (Å²) >= 11 is 5.94. The molecular formula is C17H22ClN3O2. The summed E-state index contributed by atoms with van der Waals surface area (Å²) in [5.41, 5.74) is 6.43. The van der Waals surface area contributed by atoms with E-state index in [1.54, 1.807) is 4.90 Å². The number of urea groups is 1. The molecule has 0 radical (unpaired) electrons. The van der Waals surface area contributed by atoms with Gasteiger partial charge in [0.05, 0.1) is 6.04 Å². The number of nitrogens with one attached hydrogen (secondary N) is 1. The number of rotatable bonds is 4. The zero-order chi connectivity index (χ0) is 16.4. The molecule has 0 spiro atoms. The number of benzene rings is 1. The number of hydrogen-bond donors (Lipinski definition) is 2. The van der Waals surface area contributed by atoms with Crippen molar-refractivity contribution in [1.29, 1.82) is 0 Å². The van der Waals surface area contributed by atoms with Crippen molar-refractivity contribution in [3.63, 3.8) is 0 Å². The second-order valence-electron chi connectivity index (χ2n) is 6.48. The fourth-order valence-corrected chi connectivity index (χ4v) is 3.29. The molecule has 23 heavy (non-hydrogen) atoms. The van der Waals surface area contributed by atoms with Gasteiger partial charge in [0, 0.05) is 24.0 Å². The van der Waals surface area contributed by atoms with Crippen LogP contribution in [0.25, 0.3) is 0 Å². The van der Waals surface area contributed by atoms with Crippen LogP contribution in [0.3, 0.4) is 0 Å². The van der Waals surface area contributed by atoms with Crippen molar-refractivity contribution < 1.29 is 9.59 Å². The molecule has 0 bridgehead atoms. The van der Waals surface area contributed by atoms with Crippen LogP contribution in [0.15, 0.2) is 24.3 Å². The van der Waals surface area contributed by atoms with Crippen LogP contribution in [-0.4, -0.2) is 29.9 Å². The molecule has 1 saturated carbocycles. The van der Waals surface area contributed by atoms with Gasteiger partial charge >= 0.3 is 6.03 Å². The molecule has 1 aliphatic heterocycles. The van der Waals surface area contributed by atoms with E-state index in [1.165, 1.54) is 0 Å². The first-order chi connectivity index (χ1) is 11.0. The van der Waals surface area contributed by atoms with Gasteiger partial charge in [-0.1, -0.05) is 23.7 Å². The SMILES string of the molecule is NC(=O)C1CCN(C(=O)N[C@H](c2ccc(Cl)cc2)C2CC2)CC1. The van der Waals surface area contributed by atoms with Crippen LogP contribution in [0.1, 0.15) is 37.3 Å². The minimum absolute atomic E-state index is 0.0358. The second-order valence-corrected chi connectivity index (χ2v) is 6.92. The molecule has 1 aromatic rings. The minimum atomic E-state index is -0.262. The molecular weight excluding hydrogens is 314 g/mol. The van der Waals surface area contributed by atoms with Gasteiger partial charge in [-0.3, -0.25) is 4.79 Å². The van der Waals surface area contributed by atoms with Crippen LogP contribution in [0.5, 0.6) is 0 Å². The highest BCUT2D eigenvalue weighted by atomic mass is 35.5. The van der Waals surface area contributed by atoms with E-state index in [9.17, 15) is 9.59 Å². The monoisotopic (exact) mass is 335 g/mol. The molecule has 3 rings (SSSR count). The van der Waals surface area contributed by atoms with Crippen molar-refractivity contribution in [1.82, 2.24) is 10.2 Å². The molecule has 3 amide bonds. The van der Waals surface area contributed by atoms with Crippen LogP contribution < -0.4 is 11.1 Å². The lowest BCUT2D eigenvalue weighted by Crippen LogP contribution is -2.47. The van der Waals surface area contributed by atoms with E-state index in [4.69, 9.17) is 17.3 Å². The van der Waals surface area contributed by atoms with Crippen LogP contribution in [0.4, 0.5) is 4.79 Å². The molecule has 2 aliphatic rings. The summed E-state index contributed by atoms with van der Waals surface area (Å²) in [6, 6.07) is 7.65. The molecule has 1 heterocycles. The van der Waals surface area contributed by atoms with Crippen LogP contribution in [0.2, 0.25) is 5.02 Å². The Kier molecular flexibility index (Phi) is 4.76. The summed E-state index contributed by atoms with van der Waals surface area (Å²) in [5, 5.41) is 3.85. The summed E-state index contributed by atoms with van der Waals surface area (Å²) in [5.74, 6) is 0.139. The van der Waals surface area contributed by atoms with Crippen molar-refractivity contribution in [3.05, 3.63) is 34.9 Å². The lowest BCUT2D eigenvalue weighted by molar-refractivity contribution is -0.123. The molecule has 1 aliphatic carbocycles. The molecule has 1 saturated heterocycles. The first kappa shape index (κ1) is 16.1. The van der Waals surface area contributed by atoms with E-state index in [0.29, 0.717) is 36.9 Å². The van der Waals surface area contributed by atoms with E-state index < -0.39 is 0 Å². The standard InChI is InChI=1S/C17H22ClN3O2/c18-14-5-3-12(4-6-14)15(11-1-2-11)20-17(23)21-9-7-13(8-10-21)16(19)22/h3-6,11,13,15H,1-2,7-10H2,(H2,19,22)(H,20,23)/t15-/m0/s1. The minimum Gasteiger partial charge on any atom is -0.369 e. The predicted molar refractivity (Wildman–Crippen MR) is 88.9 cm³/mol. The number of nitrogens with zero attached hydrogens (tertiary/aromatic N) is 1. The van der Waals surface area contributed by atoms with Gasteiger partial charge < -0.3 is 16.0 Å². The van der Waals surface area contributed by atoms with Gasteiger partial charge in [-0.2, -0.15) is 0 Å². The average molecular weight is 336 g/mol. The van der Waals surface area contributed by atoms with Crippen molar-refractivity contribution >= 4 is 23.5 Å². The van der Waals surface area contributed by atoms with E-state index >= 15 is 0 Å². The Labute approximate surface area is 141 Å². The number of nitrogens with two attached hydrogens (primary N) is 1. The summed E-state index contributed by atoms with van der Waals surface area (Å²) < 4.78 is 0. The first-order valence-corrected chi connectivity index (χ1v) is 8.52. The Balaban J connectivity index is 1.61. The zero-order valence-electron chi connectivity index (χ0n) is 13.0. The third-order valence-electron chi connectivity index (χ3n) is 4.79. The number of carbonyl (C=O) groups is 2. The van der Waals surface area contributed by atoms with Crippen molar-refractivity contribution in [3.8, 4) is 0 Å². The highest BCUT2D eigenvalue weighted by Gasteiger charge is 2.35. The maximum atomic E-state index is 12.5. The fourth-order valence-electron chi connectivity index (χ4n) is 3.16. The Morgan fingerprint density at radius 2 is 1.74 bits per heavy atom. The summed E-state index contributed by atoms with van der Waals surface area (Å²) in [7, 11) is 0. The Morgan fingerprint density at radius 1 is 1.13 bits per heavy atom. The first-order valence-electron chi connectivity index (χ1n) is 8.15. The second kappa shape index (κ2) is 6.79. The van der Waals surface area contributed by atoms with Crippen molar-refractivity contribution in [2.45, 2.75) is 31.7 Å². The maximum Gasteiger partial charge on any atom is 0.317 e. The van der Waals surface area contributed by atoms with E-state index in [2.05, 4.69) is 5.32 Å². The molecule has 2 fully saturated rings. The van der Waals surface area contributed by atoms with E-state index in [1.807, 2.05) is 24.3 Å². The lowest BCUT2D eigenvalue weighted by Gasteiger charge is -2.32. The Morgan fingerprint density at radius 3 is 2.26 bits per heavy atom. The number of hydrogen-bond acceptors (Lipinski definition) is 2. The van der Waals surface area contributed by atoms with Crippen molar-refractivity contribution in [2.75, 3.05) is 13.1 Å². The van der Waals surface area contributed by atoms with E-state index in [0.717, 1.165) is 18.4 Å². The summed E-state index contributed by atoms with van der Waals surface area (Å²) in [4.78, 5) is 25.5. The maximum absolute atomic E-state index is 12.5. The quantitative estimate of drug-likeness (QED) is 0.887. The fraction of sp³-hybridized carbons (Fsp3) is 0.529. The van der Waals surface area contributed by atoms with E-state index in [-0.39, 0.29) is 23.9 Å². The third kappa shape index (κ3) is 3.96. The van der Waals surface area contributed by atoms with Crippen LogP contribution in [0, 0.1) is 11.8 Å². The largest absolute Gasteiger partial charge is 0.369 e. The van der Waals surface area contributed by atoms with Crippen LogP contribution in [-0.2, 0) is 4.79 Å². The number of carbonyl (C=O) groups excluding carboxylic acids is 2. The number of primary amides is 1. The molecule has 1 aromatic carbocycles. The predicted octanol–water partition coefficient (Wildman–Crippen LogP) is 2.70. The molecule has 5 nitrogen and oxygen atoms in total. The Bertz CT molecular complexity index is 578. The number of amides is 3. The molecule has 3 N–H and O–H groups in total. The normalized spacial score (nSPS) is 20.1. The number of piperidine rings is 1. The lowest BCUT2D eigenvalue weighted by atomic mass is 9.96. The zero-order valence-corrected chi connectivity index (χ0v) is 13.8. The highest BCUT2D eigenvalue weighted by Crippen LogP contribution is 2.41. The highest BCUT2D eigenvalue weighted by molar-refractivity contribution is 6.30. The summed E-state index contributed by atoms with van der Waals surface area (Å²) in [6.07, 6.45) is 3.57. The van der Waals surface area contributed by atoms with Gasteiger partial charge in [0.1, 0.15) is 0 Å². The average Bonchev–Trinajstić information content (AvgIpc) is 3.38. The van der Waals surface area contributed by atoms with Gasteiger partial charge in [-0.05, 0) is 49.3 Å². The van der Waals surface area contributed by atoms with Crippen LogP contribution >= 0.6 is 11.6 Å². The summed E-state index contributed by atoms with van der Waals surface area (Å²) in [6.45, 7) is 1.16. The Hall–Kier alpha value is -1.75. The van der Waals surface area contributed by atoms with Gasteiger partial charge in [-0.25, -0.2) is 4.79 Å². The van der Waals surface area contributed by atoms with Gasteiger partial charge in [-0.15, -0.1) is 0 Å². The smallest absolute Gasteiger partial charge is 0.317 e. The molecule has 1 atom stereocenters. The number of halogens is 1. The van der Waals surface area contributed by atoms with Gasteiger partial charge in [0.25, 0.3) is 0 Å². The molecule has 6 heteroatoms. The number of likely N-dealkylation sites (tertiary alicyclic amines) is 1. The molecule has 124 valence electrons. The van der Waals surface area contributed by atoms with Crippen molar-refractivity contribution in [2.24, 2.45) is 17.6 Å². The van der Waals surface area contributed by atoms with Gasteiger partial charge in [0.15, 0.2) is 0 Å². The molecule has 0 aromatic heterocycles. The van der Waals surface area contributed by atoms with Gasteiger partial charge in [0.2, 0.25) is 5.91 Å². The third-order valence-corrected chi connectivity index (χ3v) is 5.04. The molecule has 0 unspecified atom stereocenters. The topological polar surface area (TPSA) is 75.4 Å².